The average molecular weight is 752 g/mol. The van der Waals surface area contributed by atoms with Gasteiger partial charge in [-0.1, -0.05) is 119 Å². The van der Waals surface area contributed by atoms with Gasteiger partial charge in [-0.05, 0) is 0 Å². The van der Waals surface area contributed by atoms with Gasteiger partial charge in [-0.25, -0.2) is 0 Å². The molecule has 0 atom stereocenters. The summed E-state index contributed by atoms with van der Waals surface area (Å²) in [6.45, 7) is 19.7. The Balaban J connectivity index is -0.000000233. The van der Waals surface area contributed by atoms with E-state index in [4.69, 9.17) is 0 Å². The van der Waals surface area contributed by atoms with Crippen molar-refractivity contribution in [3.63, 3.8) is 0 Å². The first kappa shape index (κ1) is 49.1. The van der Waals surface area contributed by atoms with E-state index in [1.807, 2.05) is 0 Å². The first-order chi connectivity index (χ1) is 19.5. The first-order valence-corrected chi connectivity index (χ1v) is 19.4. The number of hydrogen-bond donors (Lipinski definition) is 0. The molecule has 0 bridgehead atoms. The van der Waals surface area contributed by atoms with Crippen LogP contribution in [0.1, 0.15) is 119 Å². The number of nitrogens with zero attached hydrogens (tertiary/aromatic N) is 3. The van der Waals surface area contributed by atoms with E-state index in [1.54, 1.807) is 0 Å². The number of unbranched alkanes of at least 4 members (excludes halogenated alkanes) is 6. The Hall–Kier alpha value is 0.236. The van der Waals surface area contributed by atoms with Crippen molar-refractivity contribution in [2.75, 3.05) is 39.3 Å². The van der Waals surface area contributed by atoms with Crippen molar-refractivity contribution in [1.29, 1.82) is 0 Å². The van der Waals surface area contributed by atoms with Gasteiger partial charge in [0, 0.05) is 0 Å². The molecule has 0 heterocycles. The van der Waals surface area contributed by atoms with Gasteiger partial charge in [0.05, 0.1) is 0 Å². The van der Waals surface area contributed by atoms with Crippen molar-refractivity contribution in [1.82, 2.24) is 0 Å². The SMILES string of the molecule is CCCC[N-]CCCC.CCCC[N-]CCCC.CCCC[N-]CCCC.F[C](F)(F)[GeH]([c-]1cccc1)[C](F)(F)F.[Zr+4]. The van der Waals surface area contributed by atoms with Crippen LogP contribution in [0.3, 0.4) is 0 Å². The van der Waals surface area contributed by atoms with E-state index in [0.29, 0.717) is 0 Å². The number of halogens is 6. The van der Waals surface area contributed by atoms with Crippen molar-refractivity contribution in [3.05, 3.63) is 40.2 Å². The van der Waals surface area contributed by atoms with Gasteiger partial charge >= 0.3 is 106 Å². The minimum Gasteiger partial charge on any atom is 4.00 e. The molecule has 3 nitrogen and oxygen atoms in total. The third-order valence-corrected chi connectivity index (χ3v) is 10.6. The average Bonchev–Trinajstić information content (AvgIpc) is 3.42. The van der Waals surface area contributed by atoms with Gasteiger partial charge in [0.1, 0.15) is 0 Å². The fourth-order valence-electron chi connectivity index (χ4n) is 3.10. The van der Waals surface area contributed by atoms with E-state index < -0.39 is 28.8 Å². The monoisotopic (exact) mass is 751 g/mol. The fourth-order valence-corrected chi connectivity index (χ4v) is 6.74. The van der Waals surface area contributed by atoms with Gasteiger partial charge in [-0.15, -0.1) is 39.3 Å². The molecule has 0 unspecified atom stereocenters. The quantitative estimate of drug-likeness (QED) is 0.0585. The molecular formula is C31H59F6GeN3Zr. The zero-order valence-corrected chi connectivity index (χ0v) is 32.1. The molecule has 0 spiro atoms. The van der Waals surface area contributed by atoms with Crippen molar-refractivity contribution < 1.29 is 52.5 Å². The summed E-state index contributed by atoms with van der Waals surface area (Å²) in [6.07, 6.45) is 15.2. The smallest absolute Gasteiger partial charge is 4.00 e. The van der Waals surface area contributed by atoms with Crippen molar-refractivity contribution >= 4 is 18.7 Å². The molecule has 0 aliphatic carbocycles. The molecule has 0 N–H and O–H groups in total. The van der Waals surface area contributed by atoms with Crippen LogP contribution in [0.15, 0.2) is 24.3 Å². The maximum atomic E-state index is 12.1. The van der Waals surface area contributed by atoms with E-state index in [-0.39, 0.29) is 26.2 Å². The molecule has 11 heteroatoms. The van der Waals surface area contributed by atoms with E-state index >= 15 is 0 Å². The van der Waals surface area contributed by atoms with Crippen LogP contribution in [0, 0.1) is 0 Å². The molecule has 1 aromatic carbocycles. The van der Waals surface area contributed by atoms with Crippen LogP contribution in [0.5, 0.6) is 0 Å². The Labute approximate surface area is 278 Å². The van der Waals surface area contributed by atoms with Crippen molar-refractivity contribution in [3.8, 4) is 0 Å². The van der Waals surface area contributed by atoms with E-state index in [9.17, 15) is 26.3 Å². The summed E-state index contributed by atoms with van der Waals surface area (Å²) in [5.74, 6) is 0. The molecular weight excluding hydrogens is 692 g/mol. The second kappa shape index (κ2) is 35.7. The van der Waals surface area contributed by atoms with Crippen LogP contribution in [-0.4, -0.2) is 63.6 Å². The zero-order valence-electron chi connectivity index (χ0n) is 27.2. The summed E-state index contributed by atoms with van der Waals surface area (Å²) < 4.78 is 72.3. The third kappa shape index (κ3) is 36.4. The van der Waals surface area contributed by atoms with E-state index in [1.165, 1.54) is 89.2 Å². The molecule has 0 radical (unpaired) electrons. The maximum absolute atomic E-state index is 12.1. The molecule has 1 aromatic rings. The molecule has 1 rings (SSSR count). The van der Waals surface area contributed by atoms with Gasteiger partial charge in [0.25, 0.3) is 0 Å². The number of rotatable bonds is 19. The fraction of sp³-hybridized carbons (Fsp3) is 0.839. The van der Waals surface area contributed by atoms with Crippen LogP contribution in [0.4, 0.5) is 26.3 Å². The Morgan fingerprint density at radius 1 is 0.476 bits per heavy atom. The second-order valence-corrected chi connectivity index (χ2v) is 15.8. The van der Waals surface area contributed by atoms with Crippen LogP contribution < -0.4 is 4.40 Å². The predicted octanol–water partition coefficient (Wildman–Crippen LogP) is 10.9. The summed E-state index contributed by atoms with van der Waals surface area (Å²) >= 11 is -5.46. The summed E-state index contributed by atoms with van der Waals surface area (Å²) in [6, 6.07) is 4.16. The normalized spacial score (nSPS) is 11.0. The third-order valence-electron chi connectivity index (χ3n) is 5.70. The Kier molecular flexibility index (Phi) is 41.8. The van der Waals surface area contributed by atoms with E-state index in [2.05, 4.69) is 57.5 Å². The van der Waals surface area contributed by atoms with Crippen LogP contribution in [-0.2, 0) is 26.2 Å². The Morgan fingerprint density at radius 2 is 0.690 bits per heavy atom. The molecule has 0 aliphatic rings. The van der Waals surface area contributed by atoms with E-state index in [0.717, 1.165) is 51.4 Å². The molecule has 0 amide bonds. The van der Waals surface area contributed by atoms with Crippen LogP contribution in [0.25, 0.3) is 16.0 Å². The molecule has 0 aliphatic heterocycles. The summed E-state index contributed by atoms with van der Waals surface area (Å²) in [4.78, 5) is 0. The van der Waals surface area contributed by atoms with Gasteiger partial charge in [0.2, 0.25) is 0 Å². The molecule has 0 saturated carbocycles. The Morgan fingerprint density at radius 3 is 0.857 bits per heavy atom. The van der Waals surface area contributed by atoms with Gasteiger partial charge in [0.15, 0.2) is 0 Å². The van der Waals surface area contributed by atoms with Gasteiger partial charge in [-0.2, -0.15) is 0 Å². The summed E-state index contributed by atoms with van der Waals surface area (Å²) in [5.41, 5.74) is 0. The topological polar surface area (TPSA) is 42.3 Å². The summed E-state index contributed by atoms with van der Waals surface area (Å²) in [7, 11) is 0. The van der Waals surface area contributed by atoms with Gasteiger partial charge in [-0.3, -0.25) is 0 Å². The second-order valence-electron chi connectivity index (χ2n) is 9.87. The molecule has 248 valence electrons. The number of alkyl halides is 6. The minimum atomic E-state index is -5.46. The largest absolute Gasteiger partial charge is 4.00 e. The maximum Gasteiger partial charge on any atom is 4.00 e. The summed E-state index contributed by atoms with van der Waals surface area (Å²) in [5, 5.41) is 2.83. The van der Waals surface area contributed by atoms with Crippen LogP contribution in [0.2, 0.25) is 0 Å². The van der Waals surface area contributed by atoms with Crippen LogP contribution >= 0.6 is 0 Å². The first-order valence-electron chi connectivity index (χ1n) is 15.7. The molecule has 0 aromatic heterocycles. The molecule has 42 heavy (non-hydrogen) atoms. The zero-order chi connectivity index (χ0) is 31.8. The predicted molar refractivity (Wildman–Crippen MR) is 170 cm³/mol. The molecule has 0 fully saturated rings. The van der Waals surface area contributed by atoms with Crippen molar-refractivity contribution in [2.24, 2.45) is 0 Å². The van der Waals surface area contributed by atoms with Gasteiger partial charge < -0.3 is 16.0 Å². The molecule has 0 saturated heterocycles. The Bertz CT molecular complexity index is 537. The van der Waals surface area contributed by atoms with Crippen molar-refractivity contribution in [2.45, 2.75) is 129 Å². The minimum absolute atomic E-state index is 0. The standard InChI is InChI=1S/3C8H18N.C7H5F6Ge.Zr/c3*1-3-5-7-9-8-6-4-2;8-6(9,10)14(7(11,12)13)5-3-1-2-4-5;/h3*3-8H2,1-2H3;1-4,14H;/q4*-1;+4. The number of hydrogen-bond acceptors (Lipinski definition) is 0.